The van der Waals surface area contributed by atoms with Gasteiger partial charge in [0, 0.05) is 5.38 Å². The summed E-state index contributed by atoms with van der Waals surface area (Å²) >= 11 is 1.48. The van der Waals surface area contributed by atoms with Crippen molar-refractivity contribution in [3.8, 4) is 0 Å². The summed E-state index contributed by atoms with van der Waals surface area (Å²) in [7, 11) is 0. The number of nitrogen functional groups attached to an aromatic ring is 1. The predicted octanol–water partition coefficient (Wildman–Crippen LogP) is 3.31. The third-order valence-corrected chi connectivity index (χ3v) is 3.83. The molecule has 2 rings (SSSR count). The Morgan fingerprint density at radius 1 is 1.38 bits per heavy atom. The molecule has 1 fully saturated rings. The van der Waals surface area contributed by atoms with Gasteiger partial charge in [0.15, 0.2) is 5.13 Å². The van der Waals surface area contributed by atoms with Crippen LogP contribution in [0.15, 0.2) is 5.38 Å². The van der Waals surface area contributed by atoms with Crippen LogP contribution in [0.25, 0.3) is 0 Å². The Hall–Kier alpha value is -0.610. The molecule has 0 spiro atoms. The second kappa shape index (κ2) is 4.72. The number of anilines is 1. The first-order chi connectivity index (χ1) is 7.58. The highest BCUT2D eigenvalue weighted by molar-refractivity contribution is 7.13. The van der Waals surface area contributed by atoms with Crippen molar-refractivity contribution < 1.29 is 4.74 Å². The molecule has 0 aromatic carbocycles. The van der Waals surface area contributed by atoms with Crippen molar-refractivity contribution >= 4 is 16.5 Å². The molecule has 0 atom stereocenters. The fourth-order valence-electron chi connectivity index (χ4n) is 2.22. The smallest absolute Gasteiger partial charge is 0.180 e. The van der Waals surface area contributed by atoms with Gasteiger partial charge in [0.1, 0.15) is 5.60 Å². The maximum absolute atomic E-state index is 6.17. The van der Waals surface area contributed by atoms with Gasteiger partial charge in [-0.2, -0.15) is 0 Å². The second-order valence-electron chi connectivity index (χ2n) is 4.96. The largest absolute Gasteiger partial charge is 0.375 e. The van der Waals surface area contributed by atoms with Crippen LogP contribution in [-0.4, -0.2) is 11.1 Å². The summed E-state index contributed by atoms with van der Waals surface area (Å²) in [5.41, 5.74) is 6.31. The lowest BCUT2D eigenvalue weighted by Gasteiger charge is -2.31. The SMILES string of the molecule is CC(C)(OC1CCCCC1)c1csc(N)n1. The van der Waals surface area contributed by atoms with Crippen LogP contribution in [0.5, 0.6) is 0 Å². The van der Waals surface area contributed by atoms with Crippen LogP contribution < -0.4 is 5.73 Å². The normalized spacial score (nSPS) is 18.9. The molecule has 0 unspecified atom stereocenters. The number of rotatable bonds is 3. The zero-order valence-electron chi connectivity index (χ0n) is 10.0. The highest BCUT2D eigenvalue weighted by atomic mass is 32.1. The number of thiazole rings is 1. The number of hydrogen-bond acceptors (Lipinski definition) is 4. The molecule has 3 nitrogen and oxygen atoms in total. The van der Waals surface area contributed by atoms with E-state index in [4.69, 9.17) is 10.5 Å². The third-order valence-electron chi connectivity index (χ3n) is 3.15. The molecule has 0 saturated heterocycles. The van der Waals surface area contributed by atoms with E-state index in [9.17, 15) is 0 Å². The number of hydrogen-bond donors (Lipinski definition) is 1. The summed E-state index contributed by atoms with van der Waals surface area (Å²) in [6, 6.07) is 0. The van der Waals surface area contributed by atoms with Crippen LogP contribution in [-0.2, 0) is 10.3 Å². The molecule has 0 amide bonds. The predicted molar refractivity (Wildman–Crippen MR) is 67.5 cm³/mol. The van der Waals surface area contributed by atoms with E-state index >= 15 is 0 Å². The van der Waals surface area contributed by atoms with Gasteiger partial charge >= 0.3 is 0 Å². The minimum absolute atomic E-state index is 0.309. The molecule has 0 bridgehead atoms. The molecule has 1 saturated carbocycles. The average molecular weight is 240 g/mol. The molecule has 1 aliphatic carbocycles. The number of aromatic nitrogens is 1. The maximum atomic E-state index is 6.17. The third kappa shape index (κ3) is 2.74. The summed E-state index contributed by atoms with van der Waals surface area (Å²) in [4.78, 5) is 4.32. The van der Waals surface area contributed by atoms with Crippen LogP contribution >= 0.6 is 11.3 Å². The summed E-state index contributed by atoms with van der Waals surface area (Å²) in [6.07, 6.45) is 6.70. The molecule has 1 aromatic heterocycles. The molecule has 1 aromatic rings. The van der Waals surface area contributed by atoms with Gasteiger partial charge in [-0.05, 0) is 26.7 Å². The zero-order chi connectivity index (χ0) is 11.6. The Balaban J connectivity index is 2.01. The van der Waals surface area contributed by atoms with Gasteiger partial charge < -0.3 is 10.5 Å². The van der Waals surface area contributed by atoms with Crippen LogP contribution in [0, 0.1) is 0 Å². The maximum Gasteiger partial charge on any atom is 0.180 e. The van der Waals surface area contributed by atoms with E-state index in [-0.39, 0.29) is 5.60 Å². The van der Waals surface area contributed by atoms with Crippen molar-refractivity contribution in [2.75, 3.05) is 5.73 Å². The van der Waals surface area contributed by atoms with Crippen molar-refractivity contribution in [3.63, 3.8) is 0 Å². The first-order valence-electron chi connectivity index (χ1n) is 5.97. The van der Waals surface area contributed by atoms with Gasteiger partial charge in [0.25, 0.3) is 0 Å². The monoisotopic (exact) mass is 240 g/mol. The lowest BCUT2D eigenvalue weighted by atomic mass is 9.96. The minimum Gasteiger partial charge on any atom is -0.375 e. The molecule has 1 heterocycles. The van der Waals surface area contributed by atoms with Crippen molar-refractivity contribution in [2.24, 2.45) is 0 Å². The van der Waals surface area contributed by atoms with Crippen LogP contribution in [0.4, 0.5) is 5.13 Å². The topological polar surface area (TPSA) is 48.1 Å². The molecule has 16 heavy (non-hydrogen) atoms. The van der Waals surface area contributed by atoms with Crippen molar-refractivity contribution in [1.29, 1.82) is 0 Å². The lowest BCUT2D eigenvalue weighted by Crippen LogP contribution is -2.30. The van der Waals surface area contributed by atoms with Gasteiger partial charge in [-0.15, -0.1) is 11.3 Å². The number of nitrogens with zero attached hydrogens (tertiary/aromatic N) is 1. The number of ether oxygens (including phenoxy) is 1. The number of nitrogens with two attached hydrogens (primary N) is 1. The van der Waals surface area contributed by atoms with E-state index in [0.29, 0.717) is 11.2 Å². The minimum atomic E-state index is -0.309. The van der Waals surface area contributed by atoms with Crippen LogP contribution in [0.1, 0.15) is 51.6 Å². The van der Waals surface area contributed by atoms with E-state index in [1.165, 1.54) is 43.4 Å². The lowest BCUT2D eigenvalue weighted by molar-refractivity contribution is -0.0908. The van der Waals surface area contributed by atoms with Crippen molar-refractivity contribution in [1.82, 2.24) is 4.98 Å². The quantitative estimate of drug-likeness (QED) is 0.881. The molecule has 0 aliphatic heterocycles. The van der Waals surface area contributed by atoms with E-state index < -0.39 is 0 Å². The van der Waals surface area contributed by atoms with Gasteiger partial charge in [-0.3, -0.25) is 0 Å². The molecule has 4 heteroatoms. The average Bonchev–Trinajstić information content (AvgIpc) is 2.66. The molecule has 1 aliphatic rings. The van der Waals surface area contributed by atoms with Crippen LogP contribution in [0.3, 0.4) is 0 Å². The Kier molecular flexibility index (Phi) is 3.50. The first kappa shape index (κ1) is 11.9. The molecular formula is C12H20N2OS. The molecular weight excluding hydrogens is 220 g/mol. The molecule has 0 radical (unpaired) electrons. The Labute approximate surface area is 101 Å². The second-order valence-corrected chi connectivity index (χ2v) is 5.85. The summed E-state index contributed by atoms with van der Waals surface area (Å²) in [6.45, 7) is 4.16. The molecule has 2 N–H and O–H groups in total. The van der Waals surface area contributed by atoms with Crippen molar-refractivity contribution in [2.45, 2.75) is 57.7 Å². The summed E-state index contributed by atoms with van der Waals surface area (Å²) in [5, 5.41) is 2.62. The Bertz CT molecular complexity index is 343. The zero-order valence-corrected chi connectivity index (χ0v) is 10.8. The first-order valence-corrected chi connectivity index (χ1v) is 6.85. The van der Waals surface area contributed by atoms with Gasteiger partial charge in [-0.1, -0.05) is 19.3 Å². The van der Waals surface area contributed by atoms with E-state index in [0.717, 1.165) is 5.69 Å². The summed E-state index contributed by atoms with van der Waals surface area (Å²) < 4.78 is 6.17. The highest BCUT2D eigenvalue weighted by Crippen LogP contribution is 2.32. The van der Waals surface area contributed by atoms with Crippen molar-refractivity contribution in [3.05, 3.63) is 11.1 Å². The van der Waals surface area contributed by atoms with E-state index in [2.05, 4.69) is 18.8 Å². The molecule has 90 valence electrons. The van der Waals surface area contributed by atoms with Gasteiger partial charge in [-0.25, -0.2) is 4.98 Å². The van der Waals surface area contributed by atoms with Gasteiger partial charge in [0.2, 0.25) is 0 Å². The summed E-state index contributed by atoms with van der Waals surface area (Å²) in [5.74, 6) is 0. The Morgan fingerprint density at radius 3 is 2.62 bits per heavy atom. The standard InChI is InChI=1S/C12H20N2OS/c1-12(2,10-8-16-11(13)14-10)15-9-6-4-3-5-7-9/h8-9H,3-7H2,1-2H3,(H2,13,14). The fraction of sp³-hybridized carbons (Fsp3) is 0.750. The van der Waals surface area contributed by atoms with E-state index in [1.54, 1.807) is 0 Å². The Morgan fingerprint density at radius 2 is 2.06 bits per heavy atom. The van der Waals surface area contributed by atoms with Crippen LogP contribution in [0.2, 0.25) is 0 Å². The fourth-order valence-corrected chi connectivity index (χ4v) is 2.94. The van der Waals surface area contributed by atoms with E-state index in [1.807, 2.05) is 5.38 Å². The highest BCUT2D eigenvalue weighted by Gasteiger charge is 2.28. The van der Waals surface area contributed by atoms with Gasteiger partial charge in [0.05, 0.1) is 11.8 Å².